The lowest BCUT2D eigenvalue weighted by Gasteiger charge is -2.29. The van der Waals surface area contributed by atoms with Crippen LogP contribution < -0.4 is 4.90 Å². The molecule has 0 aliphatic carbocycles. The van der Waals surface area contributed by atoms with Crippen LogP contribution in [0.5, 0.6) is 0 Å². The van der Waals surface area contributed by atoms with E-state index in [1.54, 1.807) is 0 Å². The van der Waals surface area contributed by atoms with Crippen LogP contribution in [0.25, 0.3) is 66.4 Å². The van der Waals surface area contributed by atoms with Crippen molar-refractivity contribution in [3.8, 4) is 44.5 Å². The van der Waals surface area contributed by atoms with E-state index in [0.29, 0.717) is 0 Å². The summed E-state index contributed by atoms with van der Waals surface area (Å²) in [4.78, 5) is 2.37. The standard InChI is InChI=1S/C48H33NO/c1-4-13-34(14-5-1)36-23-25-39(26-24-36)48-42(38-17-8-3-9-18-38)20-12-21-45(48)49(40-29-27-37(28-30-40)35-15-6-2-7-16-35)41-31-32-44-43-19-10-11-22-46(43)50-47(44)33-41/h1-33H. The molecule has 0 N–H and O–H groups in total. The van der Waals surface area contributed by atoms with E-state index in [1.807, 2.05) is 12.1 Å². The molecule has 2 heteroatoms. The van der Waals surface area contributed by atoms with Crippen molar-refractivity contribution in [3.05, 3.63) is 200 Å². The first-order chi connectivity index (χ1) is 24.8. The Balaban J connectivity index is 1.27. The molecule has 0 radical (unpaired) electrons. The molecule has 1 heterocycles. The molecular weight excluding hydrogens is 607 g/mol. The lowest BCUT2D eigenvalue weighted by Crippen LogP contribution is -2.11. The molecule has 0 saturated carbocycles. The normalized spacial score (nSPS) is 11.2. The number of rotatable bonds is 7. The molecule has 0 saturated heterocycles. The highest BCUT2D eigenvalue weighted by molar-refractivity contribution is 6.06. The molecule has 0 aliphatic heterocycles. The summed E-state index contributed by atoms with van der Waals surface area (Å²) in [6, 6.07) is 71.1. The van der Waals surface area contributed by atoms with E-state index >= 15 is 0 Å². The van der Waals surface area contributed by atoms with Gasteiger partial charge in [0.15, 0.2) is 0 Å². The summed E-state index contributed by atoms with van der Waals surface area (Å²) >= 11 is 0. The highest BCUT2D eigenvalue weighted by Gasteiger charge is 2.22. The van der Waals surface area contributed by atoms with Crippen molar-refractivity contribution >= 4 is 39.0 Å². The second-order valence-corrected chi connectivity index (χ2v) is 12.5. The monoisotopic (exact) mass is 639 g/mol. The van der Waals surface area contributed by atoms with Gasteiger partial charge in [0.2, 0.25) is 0 Å². The number of anilines is 3. The maximum atomic E-state index is 6.43. The number of hydrogen-bond acceptors (Lipinski definition) is 2. The van der Waals surface area contributed by atoms with Crippen molar-refractivity contribution in [3.63, 3.8) is 0 Å². The van der Waals surface area contributed by atoms with Crippen LogP contribution in [0.2, 0.25) is 0 Å². The van der Waals surface area contributed by atoms with Gasteiger partial charge in [0.05, 0.1) is 5.69 Å². The fraction of sp³-hybridized carbons (Fsp3) is 0. The molecule has 0 amide bonds. The summed E-state index contributed by atoms with van der Waals surface area (Å²) in [5.41, 5.74) is 14.3. The number of hydrogen-bond donors (Lipinski definition) is 0. The van der Waals surface area contributed by atoms with Gasteiger partial charge in [0, 0.05) is 33.8 Å². The predicted octanol–water partition coefficient (Wildman–Crippen LogP) is 13.7. The van der Waals surface area contributed by atoms with Gasteiger partial charge in [-0.2, -0.15) is 0 Å². The second-order valence-electron chi connectivity index (χ2n) is 12.5. The number of furan rings is 1. The maximum absolute atomic E-state index is 6.43. The van der Waals surface area contributed by atoms with Crippen LogP contribution >= 0.6 is 0 Å². The van der Waals surface area contributed by atoms with E-state index in [0.717, 1.165) is 50.1 Å². The fourth-order valence-corrected chi connectivity index (χ4v) is 7.06. The average molecular weight is 640 g/mol. The van der Waals surface area contributed by atoms with Crippen LogP contribution in [0.3, 0.4) is 0 Å². The molecule has 1 aromatic heterocycles. The summed E-state index contributed by atoms with van der Waals surface area (Å²) < 4.78 is 6.43. The molecule has 0 aliphatic rings. The van der Waals surface area contributed by atoms with Crippen molar-refractivity contribution in [2.75, 3.05) is 4.90 Å². The minimum Gasteiger partial charge on any atom is -0.456 e. The van der Waals surface area contributed by atoms with Crippen molar-refractivity contribution in [2.24, 2.45) is 0 Å². The molecule has 8 aromatic carbocycles. The Labute approximate surface area is 292 Å². The fourth-order valence-electron chi connectivity index (χ4n) is 7.06. The van der Waals surface area contributed by atoms with E-state index in [2.05, 4.69) is 193 Å². The first kappa shape index (κ1) is 29.5. The Hall–Kier alpha value is -6.64. The number of benzene rings is 8. The number of para-hydroxylation sites is 1. The Bertz CT molecular complexity index is 2550. The Morgan fingerprint density at radius 2 is 0.820 bits per heavy atom. The first-order valence-corrected chi connectivity index (χ1v) is 17.0. The predicted molar refractivity (Wildman–Crippen MR) is 210 cm³/mol. The summed E-state index contributed by atoms with van der Waals surface area (Å²) in [5.74, 6) is 0. The third kappa shape index (κ3) is 5.43. The van der Waals surface area contributed by atoms with Gasteiger partial charge in [-0.15, -0.1) is 0 Å². The Morgan fingerprint density at radius 1 is 0.320 bits per heavy atom. The smallest absolute Gasteiger partial charge is 0.137 e. The zero-order valence-corrected chi connectivity index (χ0v) is 27.4. The number of nitrogens with zero attached hydrogens (tertiary/aromatic N) is 1. The molecule has 0 fully saturated rings. The quantitative estimate of drug-likeness (QED) is 0.173. The molecule has 0 unspecified atom stereocenters. The van der Waals surface area contributed by atoms with E-state index in [9.17, 15) is 0 Å². The van der Waals surface area contributed by atoms with Crippen LogP contribution in [-0.2, 0) is 0 Å². The minimum atomic E-state index is 0.864. The SMILES string of the molecule is c1ccc(-c2ccc(-c3c(-c4ccccc4)cccc3N(c3ccc(-c4ccccc4)cc3)c3ccc4c(c3)oc3ccccc34)cc2)cc1. The molecule has 0 spiro atoms. The highest BCUT2D eigenvalue weighted by Crippen LogP contribution is 2.47. The largest absolute Gasteiger partial charge is 0.456 e. The van der Waals surface area contributed by atoms with Crippen LogP contribution in [0.1, 0.15) is 0 Å². The molecule has 236 valence electrons. The second kappa shape index (κ2) is 12.8. The summed E-state index contributed by atoms with van der Waals surface area (Å²) in [5, 5.41) is 2.23. The van der Waals surface area contributed by atoms with Gasteiger partial charge in [0.1, 0.15) is 11.2 Å². The van der Waals surface area contributed by atoms with Gasteiger partial charge in [-0.05, 0) is 75.3 Å². The third-order valence-electron chi connectivity index (χ3n) is 9.50. The molecular formula is C48H33NO. The topological polar surface area (TPSA) is 16.4 Å². The highest BCUT2D eigenvalue weighted by atomic mass is 16.3. The van der Waals surface area contributed by atoms with E-state index < -0.39 is 0 Å². The summed E-state index contributed by atoms with van der Waals surface area (Å²) in [7, 11) is 0. The van der Waals surface area contributed by atoms with Crippen molar-refractivity contribution in [1.82, 2.24) is 0 Å². The van der Waals surface area contributed by atoms with Gasteiger partial charge < -0.3 is 9.32 Å². The first-order valence-electron chi connectivity index (χ1n) is 17.0. The van der Waals surface area contributed by atoms with Crippen LogP contribution in [0.15, 0.2) is 205 Å². The van der Waals surface area contributed by atoms with E-state index in [-0.39, 0.29) is 0 Å². The lowest BCUT2D eigenvalue weighted by molar-refractivity contribution is 0.669. The van der Waals surface area contributed by atoms with Gasteiger partial charge >= 0.3 is 0 Å². The van der Waals surface area contributed by atoms with E-state index in [4.69, 9.17) is 4.42 Å². The summed E-state index contributed by atoms with van der Waals surface area (Å²) in [6.45, 7) is 0. The number of fused-ring (bicyclic) bond motifs is 3. The zero-order valence-electron chi connectivity index (χ0n) is 27.4. The molecule has 0 bridgehead atoms. The van der Waals surface area contributed by atoms with Gasteiger partial charge in [0.25, 0.3) is 0 Å². The van der Waals surface area contributed by atoms with Crippen molar-refractivity contribution in [2.45, 2.75) is 0 Å². The maximum Gasteiger partial charge on any atom is 0.137 e. The molecule has 9 aromatic rings. The van der Waals surface area contributed by atoms with Gasteiger partial charge in [-0.25, -0.2) is 0 Å². The third-order valence-corrected chi connectivity index (χ3v) is 9.50. The van der Waals surface area contributed by atoms with Crippen molar-refractivity contribution < 1.29 is 4.42 Å². The zero-order chi connectivity index (χ0) is 33.3. The van der Waals surface area contributed by atoms with Crippen LogP contribution in [0.4, 0.5) is 17.1 Å². The average Bonchev–Trinajstić information content (AvgIpc) is 3.57. The Morgan fingerprint density at radius 3 is 1.48 bits per heavy atom. The van der Waals surface area contributed by atoms with Crippen molar-refractivity contribution in [1.29, 1.82) is 0 Å². The van der Waals surface area contributed by atoms with Gasteiger partial charge in [-0.1, -0.05) is 158 Å². The molecule has 50 heavy (non-hydrogen) atoms. The summed E-state index contributed by atoms with van der Waals surface area (Å²) in [6.07, 6.45) is 0. The van der Waals surface area contributed by atoms with Crippen LogP contribution in [-0.4, -0.2) is 0 Å². The minimum absolute atomic E-state index is 0.864. The molecule has 0 atom stereocenters. The lowest BCUT2D eigenvalue weighted by atomic mass is 9.91. The Kier molecular flexibility index (Phi) is 7.53. The molecule has 2 nitrogen and oxygen atoms in total. The van der Waals surface area contributed by atoms with Crippen LogP contribution in [0, 0.1) is 0 Å². The molecule has 9 rings (SSSR count). The van der Waals surface area contributed by atoms with Gasteiger partial charge in [-0.3, -0.25) is 0 Å². The van der Waals surface area contributed by atoms with E-state index in [1.165, 1.54) is 33.4 Å².